The molecule has 0 aliphatic heterocycles. The van der Waals surface area contributed by atoms with E-state index in [1.807, 2.05) is 0 Å². The average molecular weight is 542 g/mol. The first-order chi connectivity index (χ1) is 17.7. The first kappa shape index (κ1) is 25.9. The molecule has 0 saturated carbocycles. The van der Waals surface area contributed by atoms with E-state index in [1.165, 1.54) is 49.5 Å². The van der Waals surface area contributed by atoms with Crippen molar-refractivity contribution in [3.8, 4) is 5.75 Å². The molecule has 4 rings (SSSR count). The third kappa shape index (κ3) is 5.96. The van der Waals surface area contributed by atoms with Crippen molar-refractivity contribution in [3.63, 3.8) is 0 Å². The Morgan fingerprint density at radius 3 is 2.46 bits per heavy atom. The summed E-state index contributed by atoms with van der Waals surface area (Å²) in [4.78, 5) is 21.7. The summed E-state index contributed by atoms with van der Waals surface area (Å²) in [5, 5.41) is 17.8. The van der Waals surface area contributed by atoms with Crippen LogP contribution in [0.15, 0.2) is 77.8 Å². The molecular formula is C25H21ClFN5O4S. The van der Waals surface area contributed by atoms with Gasteiger partial charge in [-0.25, -0.2) is 17.8 Å². The first-order valence-corrected chi connectivity index (χ1v) is 13.0. The second-order valence-electron chi connectivity index (χ2n) is 7.70. The predicted molar refractivity (Wildman–Crippen MR) is 140 cm³/mol. The highest BCUT2D eigenvalue weighted by Crippen LogP contribution is 2.30. The molecule has 4 aromatic rings. The summed E-state index contributed by atoms with van der Waals surface area (Å²) >= 11 is 6.05. The van der Waals surface area contributed by atoms with Crippen LogP contribution in [0.25, 0.3) is 0 Å². The van der Waals surface area contributed by atoms with Gasteiger partial charge in [0, 0.05) is 11.9 Å². The van der Waals surface area contributed by atoms with Crippen molar-refractivity contribution in [1.29, 1.82) is 0 Å². The molecule has 0 atom stereocenters. The molecule has 0 fully saturated rings. The van der Waals surface area contributed by atoms with E-state index in [1.54, 1.807) is 24.3 Å². The predicted octanol–water partition coefficient (Wildman–Crippen LogP) is 5.51. The molecule has 0 unspecified atom stereocenters. The van der Waals surface area contributed by atoms with Crippen LogP contribution in [0.4, 0.5) is 33.2 Å². The molecule has 1 amide bonds. The molecule has 1 heterocycles. The van der Waals surface area contributed by atoms with Gasteiger partial charge in [0.25, 0.3) is 5.91 Å². The number of phenols is 1. The molecule has 4 N–H and O–H groups in total. The lowest BCUT2D eigenvalue weighted by Crippen LogP contribution is -2.17. The number of hydrogen-bond donors (Lipinski definition) is 4. The smallest absolute Gasteiger partial charge is 0.261 e. The fourth-order valence-electron chi connectivity index (χ4n) is 3.30. The van der Waals surface area contributed by atoms with E-state index in [2.05, 4.69) is 25.9 Å². The van der Waals surface area contributed by atoms with Gasteiger partial charge in [-0.3, -0.25) is 4.79 Å². The van der Waals surface area contributed by atoms with Crippen molar-refractivity contribution in [2.45, 2.75) is 11.8 Å². The van der Waals surface area contributed by atoms with Gasteiger partial charge in [-0.2, -0.15) is 4.98 Å². The molecule has 190 valence electrons. The number of anilines is 5. The Morgan fingerprint density at radius 1 is 1.03 bits per heavy atom. The van der Waals surface area contributed by atoms with Crippen LogP contribution < -0.4 is 16.0 Å². The summed E-state index contributed by atoms with van der Waals surface area (Å²) in [6, 6.07) is 16.3. The van der Waals surface area contributed by atoms with Gasteiger partial charge >= 0.3 is 0 Å². The lowest BCUT2D eigenvalue weighted by Gasteiger charge is -2.16. The monoisotopic (exact) mass is 541 g/mol. The number of nitrogens with one attached hydrogen (secondary N) is 3. The minimum Gasteiger partial charge on any atom is -0.508 e. The molecule has 3 aromatic carbocycles. The van der Waals surface area contributed by atoms with Crippen LogP contribution in [0, 0.1) is 5.82 Å². The molecule has 9 nitrogen and oxygen atoms in total. The van der Waals surface area contributed by atoms with Crippen LogP contribution in [0.1, 0.15) is 17.3 Å². The highest BCUT2D eigenvalue weighted by molar-refractivity contribution is 7.91. The van der Waals surface area contributed by atoms with E-state index >= 15 is 0 Å². The van der Waals surface area contributed by atoms with Crippen LogP contribution in [0.2, 0.25) is 5.02 Å². The summed E-state index contributed by atoms with van der Waals surface area (Å²) in [6.45, 7) is 1.52. The molecular weight excluding hydrogens is 521 g/mol. The molecule has 37 heavy (non-hydrogen) atoms. The van der Waals surface area contributed by atoms with Crippen molar-refractivity contribution in [3.05, 3.63) is 89.3 Å². The van der Waals surface area contributed by atoms with Crippen LogP contribution in [0.5, 0.6) is 5.75 Å². The molecule has 1 aromatic heterocycles. The number of benzene rings is 3. The lowest BCUT2D eigenvalue weighted by atomic mass is 10.2. The number of halogens is 2. The molecule has 0 aliphatic carbocycles. The maximum atomic E-state index is 14.3. The number of amides is 1. The number of rotatable bonds is 8. The van der Waals surface area contributed by atoms with Crippen molar-refractivity contribution in [2.24, 2.45) is 0 Å². The van der Waals surface area contributed by atoms with E-state index in [9.17, 15) is 22.7 Å². The number of para-hydroxylation sites is 2. The molecule has 0 aliphatic rings. The summed E-state index contributed by atoms with van der Waals surface area (Å²) in [7, 11) is -3.62. The van der Waals surface area contributed by atoms with Gasteiger partial charge in [-0.1, -0.05) is 36.7 Å². The number of aromatic nitrogens is 2. The van der Waals surface area contributed by atoms with Gasteiger partial charge in [-0.15, -0.1) is 0 Å². The lowest BCUT2D eigenvalue weighted by molar-refractivity contribution is 0.102. The number of carbonyl (C=O) groups is 1. The quantitative estimate of drug-likeness (QED) is 0.215. The second-order valence-corrected chi connectivity index (χ2v) is 10.4. The number of hydrogen-bond acceptors (Lipinski definition) is 8. The second kappa shape index (κ2) is 10.8. The maximum Gasteiger partial charge on any atom is 0.261 e. The fourth-order valence-corrected chi connectivity index (χ4v) is 4.56. The van der Waals surface area contributed by atoms with Crippen molar-refractivity contribution in [2.75, 3.05) is 21.7 Å². The molecule has 0 spiro atoms. The third-order valence-corrected chi connectivity index (χ3v) is 7.31. The summed E-state index contributed by atoms with van der Waals surface area (Å²) < 4.78 is 39.6. The van der Waals surface area contributed by atoms with E-state index in [-0.39, 0.29) is 50.1 Å². The van der Waals surface area contributed by atoms with Crippen LogP contribution in [0.3, 0.4) is 0 Å². The average Bonchev–Trinajstić information content (AvgIpc) is 2.88. The van der Waals surface area contributed by atoms with Gasteiger partial charge < -0.3 is 21.1 Å². The van der Waals surface area contributed by atoms with Crippen molar-refractivity contribution >= 4 is 56.2 Å². The molecule has 0 bridgehead atoms. The topological polar surface area (TPSA) is 133 Å². The summed E-state index contributed by atoms with van der Waals surface area (Å²) in [5.74, 6) is -1.55. The van der Waals surface area contributed by atoms with Crippen molar-refractivity contribution in [1.82, 2.24) is 9.97 Å². The molecule has 12 heteroatoms. The number of sulfone groups is 1. The van der Waals surface area contributed by atoms with Crippen LogP contribution in [-0.2, 0) is 9.84 Å². The van der Waals surface area contributed by atoms with E-state index in [4.69, 9.17) is 11.6 Å². The maximum absolute atomic E-state index is 14.3. The normalized spacial score (nSPS) is 11.1. The van der Waals surface area contributed by atoms with Crippen LogP contribution in [-0.4, -0.2) is 35.2 Å². The largest absolute Gasteiger partial charge is 0.508 e. The van der Waals surface area contributed by atoms with Gasteiger partial charge in [0.1, 0.15) is 22.9 Å². The Hall–Kier alpha value is -4.22. The van der Waals surface area contributed by atoms with E-state index < -0.39 is 21.6 Å². The number of aromatic hydroxyl groups is 1. The fraction of sp³-hybridized carbons (Fsp3) is 0.0800. The Bertz CT molecular complexity index is 1550. The Balaban J connectivity index is 1.76. The first-order valence-electron chi connectivity index (χ1n) is 10.9. The highest BCUT2D eigenvalue weighted by atomic mass is 35.5. The third-order valence-electron chi connectivity index (χ3n) is 5.21. The number of phenolic OH excluding ortho intramolecular Hbond substituents is 1. The Kier molecular flexibility index (Phi) is 7.55. The minimum absolute atomic E-state index is 0.00576. The van der Waals surface area contributed by atoms with Gasteiger partial charge in [0.15, 0.2) is 9.84 Å². The molecule has 0 saturated heterocycles. The van der Waals surface area contributed by atoms with Crippen molar-refractivity contribution < 1.29 is 22.7 Å². The van der Waals surface area contributed by atoms with Gasteiger partial charge in [-0.05, 0) is 48.5 Å². The van der Waals surface area contributed by atoms with Crippen LogP contribution >= 0.6 is 11.6 Å². The SMILES string of the molecule is CCS(=O)(=O)c1ccccc1Nc1nc(Nc2ccc(O)cc2)ncc1C(=O)Nc1c(F)cccc1Cl. The summed E-state index contributed by atoms with van der Waals surface area (Å²) in [5.41, 5.74) is 0.421. The standard InChI is InChI=1S/C25H21ClFN5O4S/c1-2-37(35,36)21-9-4-3-8-20(21)30-23-17(24(34)31-22-18(26)6-5-7-19(22)27)14-28-25(32-23)29-15-10-12-16(33)13-11-15/h3-14,33H,2H2,1H3,(H,31,34)(H2,28,29,30,32). The van der Waals surface area contributed by atoms with Gasteiger partial charge in [0.05, 0.1) is 27.0 Å². The van der Waals surface area contributed by atoms with E-state index in [0.29, 0.717) is 5.69 Å². The summed E-state index contributed by atoms with van der Waals surface area (Å²) in [6.07, 6.45) is 1.21. The van der Waals surface area contributed by atoms with Gasteiger partial charge in [0.2, 0.25) is 5.95 Å². The van der Waals surface area contributed by atoms with E-state index in [0.717, 1.165) is 6.07 Å². The minimum atomic E-state index is -3.62. The Labute approximate surface area is 217 Å². The molecule has 0 radical (unpaired) electrons. The zero-order chi connectivity index (χ0) is 26.6. The number of nitrogens with zero attached hydrogens (tertiary/aromatic N) is 2. The highest BCUT2D eigenvalue weighted by Gasteiger charge is 2.21. The number of carbonyl (C=O) groups excluding carboxylic acids is 1. The zero-order valence-electron chi connectivity index (χ0n) is 19.4. The zero-order valence-corrected chi connectivity index (χ0v) is 20.9. The Morgan fingerprint density at radius 2 is 1.76 bits per heavy atom.